The average molecular weight is 308 g/mol. The summed E-state index contributed by atoms with van der Waals surface area (Å²) in [6, 6.07) is 7.25. The van der Waals surface area contributed by atoms with E-state index in [0.717, 1.165) is 16.9 Å². The van der Waals surface area contributed by atoms with Gasteiger partial charge in [0.25, 0.3) is 0 Å². The Hall–Kier alpha value is -1.38. The second-order valence-corrected chi connectivity index (χ2v) is 5.34. The minimum atomic E-state index is -0.120. The molecule has 5 heteroatoms. The molecule has 0 bridgehead atoms. The molecule has 0 spiro atoms. The zero-order chi connectivity index (χ0) is 13.0. The number of benzene rings is 1. The maximum Gasteiger partial charge on any atom is 0.238 e. The molecule has 94 valence electrons. The lowest BCUT2D eigenvalue weighted by Gasteiger charge is -2.08. The molecule has 0 saturated heterocycles. The largest absolute Gasteiger partial charge is 0.324 e. The number of anilines is 1. The summed E-state index contributed by atoms with van der Waals surface area (Å²) in [5.41, 5.74) is 1.01. The molecule has 0 radical (unpaired) electrons. The van der Waals surface area contributed by atoms with E-state index in [2.05, 4.69) is 32.6 Å². The fourth-order valence-corrected chi connectivity index (χ4v) is 1.98. The highest BCUT2D eigenvalue weighted by Crippen LogP contribution is 2.27. The summed E-state index contributed by atoms with van der Waals surface area (Å²) in [5, 5.41) is 14.8. The van der Waals surface area contributed by atoms with Crippen molar-refractivity contribution >= 4 is 27.5 Å². The van der Waals surface area contributed by atoms with Crippen molar-refractivity contribution < 1.29 is 4.79 Å². The van der Waals surface area contributed by atoms with Gasteiger partial charge in [-0.25, -0.2) is 0 Å². The van der Waals surface area contributed by atoms with E-state index in [1.54, 1.807) is 18.2 Å². The Kier molecular flexibility index (Phi) is 4.34. The maximum absolute atomic E-state index is 11.7. The number of hydrogen-bond acceptors (Lipinski definition) is 3. The molecule has 2 rings (SSSR count). The molecule has 1 aromatic carbocycles. The number of nitrogens with zero attached hydrogens (tertiary/aromatic N) is 1. The Balaban J connectivity index is 1.88. The lowest BCUT2D eigenvalue weighted by Crippen LogP contribution is -2.29. The Morgan fingerprint density at radius 3 is 2.94 bits per heavy atom. The molecule has 1 aliphatic carbocycles. The van der Waals surface area contributed by atoms with Crippen molar-refractivity contribution in [1.29, 1.82) is 5.26 Å². The molecule has 1 aromatic rings. The van der Waals surface area contributed by atoms with Crippen LogP contribution in [-0.4, -0.2) is 19.0 Å². The fourth-order valence-electron chi connectivity index (χ4n) is 1.62. The van der Waals surface area contributed by atoms with Crippen LogP contribution in [0, 0.1) is 17.2 Å². The Labute approximate surface area is 115 Å². The molecule has 1 saturated carbocycles. The van der Waals surface area contributed by atoms with E-state index in [0.29, 0.717) is 11.3 Å². The third kappa shape index (κ3) is 3.83. The summed E-state index contributed by atoms with van der Waals surface area (Å²) in [5.74, 6) is 0.628. The summed E-state index contributed by atoms with van der Waals surface area (Å²) < 4.78 is 0.836. The van der Waals surface area contributed by atoms with Gasteiger partial charge in [0.1, 0.15) is 6.07 Å². The number of carbonyl (C=O) groups is 1. The first-order chi connectivity index (χ1) is 8.69. The van der Waals surface area contributed by atoms with Crippen molar-refractivity contribution in [3.63, 3.8) is 0 Å². The van der Waals surface area contributed by atoms with E-state index in [9.17, 15) is 4.79 Å². The summed E-state index contributed by atoms with van der Waals surface area (Å²) in [6.07, 6.45) is 2.53. The van der Waals surface area contributed by atoms with E-state index >= 15 is 0 Å². The summed E-state index contributed by atoms with van der Waals surface area (Å²) >= 11 is 3.32. The van der Waals surface area contributed by atoms with E-state index in [-0.39, 0.29) is 12.5 Å². The van der Waals surface area contributed by atoms with E-state index in [1.807, 2.05) is 0 Å². The molecule has 4 nitrogen and oxygen atoms in total. The van der Waals surface area contributed by atoms with Crippen LogP contribution >= 0.6 is 15.9 Å². The number of halogens is 1. The first kappa shape index (κ1) is 13.1. The Bertz CT molecular complexity index is 491. The van der Waals surface area contributed by atoms with Gasteiger partial charge in [0, 0.05) is 4.47 Å². The van der Waals surface area contributed by atoms with Gasteiger partial charge < -0.3 is 10.6 Å². The van der Waals surface area contributed by atoms with E-state index < -0.39 is 0 Å². The zero-order valence-electron chi connectivity index (χ0n) is 9.87. The van der Waals surface area contributed by atoms with Crippen LogP contribution in [0.2, 0.25) is 0 Å². The van der Waals surface area contributed by atoms with Crippen molar-refractivity contribution in [1.82, 2.24) is 5.32 Å². The van der Waals surface area contributed by atoms with E-state index in [1.165, 1.54) is 12.8 Å². The van der Waals surface area contributed by atoms with Crippen molar-refractivity contribution in [2.24, 2.45) is 5.92 Å². The van der Waals surface area contributed by atoms with Gasteiger partial charge in [-0.2, -0.15) is 5.26 Å². The third-order valence-electron chi connectivity index (χ3n) is 2.79. The molecule has 18 heavy (non-hydrogen) atoms. The lowest BCUT2D eigenvalue weighted by atomic mass is 10.2. The highest BCUT2D eigenvalue weighted by Gasteiger charge is 2.20. The number of carbonyl (C=O) groups excluding carboxylic acids is 1. The van der Waals surface area contributed by atoms with Crippen molar-refractivity contribution in [3.05, 3.63) is 28.2 Å². The van der Waals surface area contributed by atoms with Gasteiger partial charge in [0.15, 0.2) is 0 Å². The van der Waals surface area contributed by atoms with Crippen molar-refractivity contribution in [2.75, 3.05) is 18.4 Å². The van der Waals surface area contributed by atoms with Crippen LogP contribution in [0.25, 0.3) is 0 Å². The number of nitrogens with one attached hydrogen (secondary N) is 2. The van der Waals surface area contributed by atoms with Gasteiger partial charge >= 0.3 is 0 Å². The number of hydrogen-bond donors (Lipinski definition) is 2. The highest BCUT2D eigenvalue weighted by atomic mass is 79.9. The molecule has 0 aromatic heterocycles. The topological polar surface area (TPSA) is 64.9 Å². The Morgan fingerprint density at radius 1 is 1.50 bits per heavy atom. The molecule has 2 N–H and O–H groups in total. The molecule has 0 heterocycles. The SMILES string of the molecule is N#Cc1ccc(Br)cc1NC(=O)CNCC1CC1. The Morgan fingerprint density at radius 2 is 2.28 bits per heavy atom. The van der Waals surface area contributed by atoms with Crippen LogP contribution < -0.4 is 10.6 Å². The number of rotatable bonds is 5. The third-order valence-corrected chi connectivity index (χ3v) is 3.28. The van der Waals surface area contributed by atoms with E-state index in [4.69, 9.17) is 5.26 Å². The predicted molar refractivity (Wildman–Crippen MR) is 73.1 cm³/mol. The molecule has 0 aliphatic heterocycles. The summed E-state index contributed by atoms with van der Waals surface area (Å²) in [7, 11) is 0. The van der Waals surface area contributed by atoms with Crippen LogP contribution in [0.1, 0.15) is 18.4 Å². The predicted octanol–water partition coefficient (Wildman–Crippen LogP) is 2.26. The van der Waals surface area contributed by atoms with Crippen molar-refractivity contribution in [2.45, 2.75) is 12.8 Å². The van der Waals surface area contributed by atoms with Crippen LogP contribution in [0.5, 0.6) is 0 Å². The molecular formula is C13H14BrN3O. The standard InChI is InChI=1S/C13H14BrN3O/c14-11-4-3-10(6-15)12(5-11)17-13(18)8-16-7-9-1-2-9/h3-5,9,16H,1-2,7-8H2,(H,17,18). The normalized spacial score (nSPS) is 14.0. The van der Waals surface area contributed by atoms with Crippen LogP contribution in [0.15, 0.2) is 22.7 Å². The molecule has 1 amide bonds. The minimum Gasteiger partial charge on any atom is -0.324 e. The average Bonchev–Trinajstić information content (AvgIpc) is 3.13. The fraction of sp³-hybridized carbons (Fsp3) is 0.385. The summed E-state index contributed by atoms with van der Waals surface area (Å²) in [6.45, 7) is 1.19. The number of nitriles is 1. The number of amides is 1. The summed E-state index contributed by atoms with van der Waals surface area (Å²) in [4.78, 5) is 11.7. The van der Waals surface area contributed by atoms with Gasteiger partial charge in [-0.3, -0.25) is 4.79 Å². The lowest BCUT2D eigenvalue weighted by molar-refractivity contribution is -0.115. The van der Waals surface area contributed by atoms with Gasteiger partial charge in [-0.1, -0.05) is 15.9 Å². The molecular weight excluding hydrogens is 294 g/mol. The molecule has 0 atom stereocenters. The molecule has 1 aliphatic rings. The second-order valence-electron chi connectivity index (χ2n) is 4.42. The monoisotopic (exact) mass is 307 g/mol. The quantitative estimate of drug-likeness (QED) is 0.877. The maximum atomic E-state index is 11.7. The van der Waals surface area contributed by atoms with Gasteiger partial charge in [-0.15, -0.1) is 0 Å². The van der Waals surface area contributed by atoms with Crippen LogP contribution in [-0.2, 0) is 4.79 Å². The molecule has 0 unspecified atom stereocenters. The highest BCUT2D eigenvalue weighted by molar-refractivity contribution is 9.10. The molecule has 1 fully saturated rings. The first-order valence-corrected chi connectivity index (χ1v) is 6.68. The minimum absolute atomic E-state index is 0.120. The zero-order valence-corrected chi connectivity index (χ0v) is 11.5. The van der Waals surface area contributed by atoms with Crippen LogP contribution in [0.3, 0.4) is 0 Å². The van der Waals surface area contributed by atoms with Crippen molar-refractivity contribution in [3.8, 4) is 6.07 Å². The van der Waals surface area contributed by atoms with Gasteiger partial charge in [-0.05, 0) is 43.5 Å². The smallest absolute Gasteiger partial charge is 0.238 e. The van der Waals surface area contributed by atoms with Crippen LogP contribution in [0.4, 0.5) is 5.69 Å². The van der Waals surface area contributed by atoms with Gasteiger partial charge in [0.05, 0.1) is 17.8 Å². The van der Waals surface area contributed by atoms with Gasteiger partial charge in [0.2, 0.25) is 5.91 Å². The second kappa shape index (κ2) is 5.98. The first-order valence-electron chi connectivity index (χ1n) is 5.89.